The fraction of sp³-hybridized carbons (Fsp3) is 0.250. The Bertz CT molecular complexity index is 1330. The first kappa shape index (κ1) is 22.7. The van der Waals surface area contributed by atoms with Gasteiger partial charge in [0.2, 0.25) is 0 Å². The van der Waals surface area contributed by atoms with Crippen LogP contribution in [0.1, 0.15) is 38.2 Å². The van der Waals surface area contributed by atoms with Gasteiger partial charge >= 0.3 is 0 Å². The molecule has 0 saturated heterocycles. The molecule has 1 aliphatic carbocycles. The summed E-state index contributed by atoms with van der Waals surface area (Å²) >= 11 is 0. The SMILES string of the molecule is CC1(C)CC(=O)C2=C(C1)N(c1cccc([N+](=O)[O-])c1)C(N)=C(C#N)[C@H]2c1ccc([N+](=O)[O-])cc1. The molecule has 2 aromatic rings. The monoisotopic (exact) mass is 459 g/mol. The minimum atomic E-state index is -0.792. The molecule has 0 bridgehead atoms. The number of benzene rings is 2. The van der Waals surface area contributed by atoms with Crippen molar-refractivity contribution >= 4 is 22.8 Å². The van der Waals surface area contributed by atoms with Crippen molar-refractivity contribution in [3.63, 3.8) is 0 Å². The lowest BCUT2D eigenvalue weighted by Crippen LogP contribution is -2.42. The molecule has 2 N–H and O–H groups in total. The summed E-state index contributed by atoms with van der Waals surface area (Å²) in [6, 6.07) is 13.7. The van der Waals surface area contributed by atoms with Gasteiger partial charge in [0.1, 0.15) is 5.82 Å². The second-order valence-electron chi connectivity index (χ2n) is 9.11. The zero-order valence-corrected chi connectivity index (χ0v) is 18.5. The van der Waals surface area contributed by atoms with Gasteiger partial charge in [-0.1, -0.05) is 32.0 Å². The van der Waals surface area contributed by atoms with Crippen molar-refractivity contribution in [2.45, 2.75) is 32.6 Å². The summed E-state index contributed by atoms with van der Waals surface area (Å²) in [5.74, 6) is -0.889. The number of nitriles is 1. The molecular weight excluding hydrogens is 438 g/mol. The van der Waals surface area contributed by atoms with E-state index in [9.17, 15) is 30.3 Å². The first-order chi connectivity index (χ1) is 16.0. The van der Waals surface area contributed by atoms with Crippen LogP contribution in [0.25, 0.3) is 0 Å². The molecule has 34 heavy (non-hydrogen) atoms. The lowest BCUT2D eigenvalue weighted by atomic mass is 9.68. The Balaban J connectivity index is 1.97. The highest BCUT2D eigenvalue weighted by atomic mass is 16.6. The quantitative estimate of drug-likeness (QED) is 0.519. The number of anilines is 1. The molecule has 0 aromatic heterocycles. The maximum absolute atomic E-state index is 13.4. The van der Waals surface area contributed by atoms with Gasteiger partial charge in [0, 0.05) is 42.0 Å². The second-order valence-corrected chi connectivity index (χ2v) is 9.11. The smallest absolute Gasteiger partial charge is 0.271 e. The third-order valence-corrected chi connectivity index (χ3v) is 6.12. The highest BCUT2D eigenvalue weighted by Gasteiger charge is 2.44. The van der Waals surface area contributed by atoms with Crippen LogP contribution in [0.2, 0.25) is 0 Å². The van der Waals surface area contributed by atoms with Crippen molar-refractivity contribution in [1.82, 2.24) is 0 Å². The van der Waals surface area contributed by atoms with Gasteiger partial charge < -0.3 is 5.73 Å². The number of nitro groups is 2. The lowest BCUT2D eigenvalue weighted by Gasteiger charge is -2.43. The Morgan fingerprint density at radius 3 is 2.29 bits per heavy atom. The lowest BCUT2D eigenvalue weighted by molar-refractivity contribution is -0.385. The molecule has 2 aliphatic rings. The van der Waals surface area contributed by atoms with Crippen LogP contribution < -0.4 is 10.6 Å². The third-order valence-electron chi connectivity index (χ3n) is 6.12. The molecule has 10 nitrogen and oxygen atoms in total. The number of non-ortho nitro benzene ring substituents is 2. The van der Waals surface area contributed by atoms with E-state index in [-0.39, 0.29) is 35.0 Å². The van der Waals surface area contributed by atoms with Gasteiger partial charge in [0.05, 0.1) is 33.1 Å². The highest BCUT2D eigenvalue weighted by Crippen LogP contribution is 2.50. The van der Waals surface area contributed by atoms with E-state index in [1.807, 2.05) is 13.8 Å². The maximum Gasteiger partial charge on any atom is 0.271 e. The van der Waals surface area contributed by atoms with Crippen LogP contribution in [0.3, 0.4) is 0 Å². The van der Waals surface area contributed by atoms with E-state index < -0.39 is 21.2 Å². The first-order valence-electron chi connectivity index (χ1n) is 10.5. The summed E-state index contributed by atoms with van der Waals surface area (Å²) < 4.78 is 0. The molecule has 1 aliphatic heterocycles. The van der Waals surface area contributed by atoms with E-state index in [0.717, 1.165) is 0 Å². The predicted molar refractivity (Wildman–Crippen MR) is 123 cm³/mol. The van der Waals surface area contributed by atoms with Crippen LogP contribution >= 0.6 is 0 Å². The van der Waals surface area contributed by atoms with E-state index in [4.69, 9.17) is 5.73 Å². The Kier molecular flexibility index (Phi) is 5.41. The molecule has 1 atom stereocenters. The van der Waals surface area contributed by atoms with Crippen molar-refractivity contribution in [2.24, 2.45) is 11.1 Å². The number of Topliss-reactive ketones (excluding diaryl/α,β-unsaturated/α-hetero) is 1. The van der Waals surface area contributed by atoms with Crippen molar-refractivity contribution in [3.05, 3.63) is 97.0 Å². The maximum atomic E-state index is 13.4. The molecule has 0 saturated carbocycles. The van der Waals surface area contributed by atoms with Gasteiger partial charge in [0.15, 0.2) is 5.78 Å². The Morgan fingerprint density at radius 1 is 1.06 bits per heavy atom. The number of rotatable bonds is 4. The van der Waals surface area contributed by atoms with Gasteiger partial charge in [-0.2, -0.15) is 5.26 Å². The van der Waals surface area contributed by atoms with E-state index >= 15 is 0 Å². The fourth-order valence-corrected chi connectivity index (χ4v) is 4.67. The molecule has 10 heteroatoms. The summed E-state index contributed by atoms with van der Waals surface area (Å²) in [6.45, 7) is 3.89. The van der Waals surface area contributed by atoms with Crippen LogP contribution in [0.15, 0.2) is 71.2 Å². The number of nitrogens with zero attached hydrogens (tertiary/aromatic N) is 4. The van der Waals surface area contributed by atoms with Gasteiger partial charge in [0.25, 0.3) is 11.4 Å². The molecule has 0 amide bonds. The van der Waals surface area contributed by atoms with E-state index in [0.29, 0.717) is 28.9 Å². The third kappa shape index (κ3) is 3.77. The number of nitrogens with two attached hydrogens (primary N) is 1. The highest BCUT2D eigenvalue weighted by molar-refractivity contribution is 6.01. The summed E-state index contributed by atoms with van der Waals surface area (Å²) in [5, 5.41) is 32.5. The van der Waals surface area contributed by atoms with Crippen LogP contribution in [0.4, 0.5) is 17.1 Å². The molecule has 1 heterocycles. The molecule has 2 aromatic carbocycles. The van der Waals surface area contributed by atoms with Crippen molar-refractivity contribution < 1.29 is 14.6 Å². The van der Waals surface area contributed by atoms with E-state index in [1.54, 1.807) is 11.0 Å². The number of hydrogen-bond acceptors (Lipinski definition) is 8. The fourth-order valence-electron chi connectivity index (χ4n) is 4.67. The molecule has 172 valence electrons. The van der Waals surface area contributed by atoms with Crippen molar-refractivity contribution in [3.8, 4) is 6.07 Å². The Labute approximate surface area is 194 Å². The zero-order valence-electron chi connectivity index (χ0n) is 18.5. The topological polar surface area (TPSA) is 156 Å². The van der Waals surface area contributed by atoms with Crippen molar-refractivity contribution in [2.75, 3.05) is 4.90 Å². The van der Waals surface area contributed by atoms with Gasteiger partial charge in [-0.25, -0.2) is 0 Å². The normalized spacial score (nSPS) is 19.5. The number of nitro benzene ring substituents is 2. The zero-order chi connectivity index (χ0) is 24.8. The second kappa shape index (κ2) is 8.12. The van der Waals surface area contributed by atoms with Crippen LogP contribution in [0, 0.1) is 37.0 Å². The van der Waals surface area contributed by atoms with Gasteiger partial charge in [-0.05, 0) is 23.5 Å². The van der Waals surface area contributed by atoms with Crippen LogP contribution in [-0.2, 0) is 4.79 Å². The van der Waals surface area contributed by atoms with Crippen molar-refractivity contribution in [1.29, 1.82) is 5.26 Å². The number of carbonyl (C=O) groups is 1. The number of ketones is 1. The Hall–Kier alpha value is -4.52. The number of allylic oxidation sites excluding steroid dienone is 3. The molecule has 0 fully saturated rings. The Morgan fingerprint density at radius 2 is 1.71 bits per heavy atom. The summed E-state index contributed by atoms with van der Waals surface area (Å²) in [5.41, 5.74) is 7.80. The summed E-state index contributed by atoms with van der Waals surface area (Å²) in [6.07, 6.45) is 0.691. The van der Waals surface area contributed by atoms with Gasteiger partial charge in [-0.3, -0.25) is 29.9 Å². The largest absolute Gasteiger partial charge is 0.384 e. The number of hydrogen-bond donors (Lipinski definition) is 1. The molecule has 4 rings (SSSR count). The molecular formula is C24H21N5O5. The average Bonchev–Trinajstić information content (AvgIpc) is 2.77. The van der Waals surface area contributed by atoms with Gasteiger partial charge in [-0.15, -0.1) is 0 Å². The van der Waals surface area contributed by atoms with E-state index in [1.165, 1.54) is 42.5 Å². The summed E-state index contributed by atoms with van der Waals surface area (Å²) in [4.78, 5) is 36.4. The predicted octanol–water partition coefficient (Wildman–Crippen LogP) is 4.44. The molecule has 0 spiro atoms. The molecule has 0 radical (unpaired) electrons. The minimum absolute atomic E-state index is 0.0654. The standard InChI is InChI=1S/C24H21N5O5/c1-24(2)11-19-22(20(30)12-24)21(14-6-8-15(9-7-14)28(31)32)18(13-25)23(26)27(19)16-4-3-5-17(10-16)29(33)34/h3-10,21H,11-12,26H2,1-2H3/t21-/m1/s1. The number of carbonyl (C=O) groups excluding carboxylic acids is 1. The van der Waals surface area contributed by atoms with Crippen LogP contribution in [-0.4, -0.2) is 15.6 Å². The van der Waals surface area contributed by atoms with Crippen LogP contribution in [0.5, 0.6) is 0 Å². The molecule has 0 unspecified atom stereocenters. The average molecular weight is 459 g/mol. The summed E-state index contributed by atoms with van der Waals surface area (Å²) in [7, 11) is 0. The van der Waals surface area contributed by atoms with E-state index in [2.05, 4.69) is 6.07 Å². The first-order valence-corrected chi connectivity index (χ1v) is 10.5. The minimum Gasteiger partial charge on any atom is -0.384 e.